The van der Waals surface area contributed by atoms with E-state index in [-0.39, 0.29) is 5.97 Å². The molecule has 0 bridgehead atoms. The number of carbonyl (C=O) groups excluding carboxylic acids is 1. The van der Waals surface area contributed by atoms with Crippen LogP contribution in [-0.2, 0) is 9.53 Å². The summed E-state index contributed by atoms with van der Waals surface area (Å²) in [5.41, 5.74) is 4.74. The zero-order valence-electron chi connectivity index (χ0n) is 11.3. The standard InChI is InChI=1S/C13H16O2.CH3NO2/c1-10(11-8-6-5-7-9-11)12(14)15-13(2,3)4;2-1(3)4/h5-9H,1H2,2-4H3;2H2,(H,3,4). The third-order valence-electron chi connectivity index (χ3n) is 1.77. The van der Waals surface area contributed by atoms with Crippen LogP contribution >= 0.6 is 0 Å². The Morgan fingerprint density at radius 2 is 1.63 bits per heavy atom. The summed E-state index contributed by atoms with van der Waals surface area (Å²) < 4.78 is 5.22. The average Bonchev–Trinajstić information content (AvgIpc) is 2.26. The van der Waals surface area contributed by atoms with Crippen molar-refractivity contribution in [3.8, 4) is 0 Å². The molecule has 0 heterocycles. The largest absolute Gasteiger partial charge is 0.465 e. The van der Waals surface area contributed by atoms with Crippen molar-refractivity contribution in [1.29, 1.82) is 0 Å². The van der Waals surface area contributed by atoms with Gasteiger partial charge in [0.2, 0.25) is 0 Å². The number of primary amides is 1. The van der Waals surface area contributed by atoms with E-state index in [2.05, 4.69) is 12.3 Å². The molecule has 5 nitrogen and oxygen atoms in total. The van der Waals surface area contributed by atoms with Gasteiger partial charge in [-0.3, -0.25) is 0 Å². The van der Waals surface area contributed by atoms with Crippen LogP contribution in [0, 0.1) is 0 Å². The number of esters is 1. The van der Waals surface area contributed by atoms with E-state index >= 15 is 0 Å². The molecule has 0 aromatic heterocycles. The van der Waals surface area contributed by atoms with Crippen molar-refractivity contribution in [2.45, 2.75) is 26.4 Å². The lowest BCUT2D eigenvalue weighted by atomic mass is 10.1. The summed E-state index contributed by atoms with van der Waals surface area (Å²) in [5.74, 6) is -0.367. The highest BCUT2D eigenvalue weighted by molar-refractivity contribution is 6.15. The molecule has 1 aromatic rings. The van der Waals surface area contributed by atoms with Gasteiger partial charge in [-0.2, -0.15) is 0 Å². The summed E-state index contributed by atoms with van der Waals surface area (Å²) in [6, 6.07) is 9.31. The molecule has 0 fully saturated rings. The lowest BCUT2D eigenvalue weighted by Crippen LogP contribution is -2.24. The summed E-state index contributed by atoms with van der Waals surface area (Å²) >= 11 is 0. The van der Waals surface area contributed by atoms with Crippen LogP contribution in [0.2, 0.25) is 0 Å². The zero-order valence-corrected chi connectivity index (χ0v) is 11.3. The molecule has 0 aliphatic rings. The number of carbonyl (C=O) groups is 2. The van der Waals surface area contributed by atoms with E-state index in [4.69, 9.17) is 14.6 Å². The minimum Gasteiger partial charge on any atom is -0.465 e. The van der Waals surface area contributed by atoms with Crippen molar-refractivity contribution >= 4 is 17.6 Å². The number of amides is 1. The maximum absolute atomic E-state index is 11.6. The predicted molar refractivity (Wildman–Crippen MR) is 73.5 cm³/mol. The summed E-state index contributed by atoms with van der Waals surface area (Å²) in [5, 5.41) is 7.19. The van der Waals surface area contributed by atoms with Gasteiger partial charge in [-0.05, 0) is 26.3 Å². The Hall–Kier alpha value is -2.30. The van der Waals surface area contributed by atoms with Crippen molar-refractivity contribution in [3.05, 3.63) is 42.5 Å². The van der Waals surface area contributed by atoms with Crippen LogP contribution < -0.4 is 5.73 Å². The van der Waals surface area contributed by atoms with Gasteiger partial charge >= 0.3 is 12.1 Å². The van der Waals surface area contributed by atoms with Crippen molar-refractivity contribution in [1.82, 2.24) is 0 Å². The summed E-state index contributed by atoms with van der Waals surface area (Å²) in [7, 11) is 0. The molecular formula is C14H19NO4. The molecule has 1 rings (SSSR count). The van der Waals surface area contributed by atoms with E-state index < -0.39 is 11.7 Å². The molecular weight excluding hydrogens is 246 g/mol. The Bertz CT molecular complexity index is 442. The van der Waals surface area contributed by atoms with Crippen LogP contribution in [0.25, 0.3) is 5.57 Å². The van der Waals surface area contributed by atoms with E-state index in [1.54, 1.807) is 0 Å². The fraction of sp³-hybridized carbons (Fsp3) is 0.286. The molecule has 0 spiro atoms. The number of benzene rings is 1. The van der Waals surface area contributed by atoms with Crippen LogP contribution in [0.1, 0.15) is 26.3 Å². The SMILES string of the molecule is C=C(C(=O)OC(C)(C)C)c1ccccc1.NC(=O)O. The van der Waals surface area contributed by atoms with Crippen LogP contribution in [0.3, 0.4) is 0 Å². The highest BCUT2D eigenvalue weighted by Gasteiger charge is 2.19. The van der Waals surface area contributed by atoms with Gasteiger partial charge in [0.15, 0.2) is 0 Å². The molecule has 0 aliphatic carbocycles. The van der Waals surface area contributed by atoms with E-state index in [9.17, 15) is 4.79 Å². The van der Waals surface area contributed by atoms with Crippen molar-refractivity contribution < 1.29 is 19.4 Å². The molecule has 0 saturated carbocycles. The smallest absolute Gasteiger partial charge is 0.402 e. The molecule has 0 atom stereocenters. The molecule has 1 amide bonds. The van der Waals surface area contributed by atoms with E-state index in [1.807, 2.05) is 51.1 Å². The maximum Gasteiger partial charge on any atom is 0.402 e. The van der Waals surface area contributed by atoms with Gasteiger partial charge < -0.3 is 15.6 Å². The number of rotatable bonds is 2. The van der Waals surface area contributed by atoms with Crippen LogP contribution in [0.4, 0.5) is 4.79 Å². The Morgan fingerprint density at radius 3 is 2.00 bits per heavy atom. The number of hydrogen-bond acceptors (Lipinski definition) is 3. The lowest BCUT2D eigenvalue weighted by molar-refractivity contribution is -0.147. The number of hydrogen-bond donors (Lipinski definition) is 2. The second-order valence-electron chi connectivity index (χ2n) is 4.68. The van der Waals surface area contributed by atoms with Crippen molar-refractivity contribution in [3.63, 3.8) is 0 Å². The Labute approximate surface area is 112 Å². The molecule has 104 valence electrons. The summed E-state index contributed by atoms with van der Waals surface area (Å²) in [4.78, 5) is 20.4. The molecule has 0 unspecified atom stereocenters. The fourth-order valence-corrected chi connectivity index (χ4v) is 1.10. The zero-order chi connectivity index (χ0) is 15.1. The third kappa shape index (κ3) is 8.43. The average molecular weight is 265 g/mol. The van der Waals surface area contributed by atoms with Crippen LogP contribution in [-0.4, -0.2) is 22.8 Å². The lowest BCUT2D eigenvalue weighted by Gasteiger charge is -2.20. The molecule has 0 radical (unpaired) electrons. The minimum absolute atomic E-state index is 0.367. The van der Waals surface area contributed by atoms with Crippen LogP contribution in [0.15, 0.2) is 36.9 Å². The number of ether oxygens (including phenoxy) is 1. The molecule has 5 heteroatoms. The number of carboxylic acid groups (broad SMARTS) is 1. The highest BCUT2D eigenvalue weighted by atomic mass is 16.6. The highest BCUT2D eigenvalue weighted by Crippen LogP contribution is 2.17. The second-order valence-corrected chi connectivity index (χ2v) is 4.68. The second kappa shape index (κ2) is 7.20. The minimum atomic E-state index is -1.33. The first-order valence-corrected chi connectivity index (χ1v) is 5.59. The van der Waals surface area contributed by atoms with Gasteiger partial charge in [-0.15, -0.1) is 0 Å². The fourth-order valence-electron chi connectivity index (χ4n) is 1.10. The molecule has 19 heavy (non-hydrogen) atoms. The molecule has 3 N–H and O–H groups in total. The van der Waals surface area contributed by atoms with Gasteiger partial charge in [0.05, 0.1) is 5.57 Å². The first-order valence-electron chi connectivity index (χ1n) is 5.59. The predicted octanol–water partition coefficient (Wildman–Crippen LogP) is 2.66. The Balaban J connectivity index is 0.000000711. The van der Waals surface area contributed by atoms with Gasteiger partial charge in [0.1, 0.15) is 5.60 Å². The van der Waals surface area contributed by atoms with E-state index in [0.717, 1.165) is 5.56 Å². The molecule has 1 aromatic carbocycles. The van der Waals surface area contributed by atoms with E-state index in [1.165, 1.54) is 0 Å². The Morgan fingerprint density at radius 1 is 1.21 bits per heavy atom. The summed E-state index contributed by atoms with van der Waals surface area (Å²) in [6.07, 6.45) is -1.33. The van der Waals surface area contributed by atoms with Crippen molar-refractivity contribution in [2.75, 3.05) is 0 Å². The van der Waals surface area contributed by atoms with Crippen molar-refractivity contribution in [2.24, 2.45) is 5.73 Å². The number of nitrogens with two attached hydrogens (primary N) is 1. The van der Waals surface area contributed by atoms with Gasteiger partial charge in [-0.1, -0.05) is 36.9 Å². The van der Waals surface area contributed by atoms with E-state index in [0.29, 0.717) is 5.57 Å². The van der Waals surface area contributed by atoms with Gasteiger partial charge in [0, 0.05) is 0 Å². The maximum atomic E-state index is 11.6. The first-order chi connectivity index (χ1) is 8.63. The monoisotopic (exact) mass is 265 g/mol. The summed E-state index contributed by atoms with van der Waals surface area (Å²) in [6.45, 7) is 9.24. The van der Waals surface area contributed by atoms with Crippen LogP contribution in [0.5, 0.6) is 0 Å². The topological polar surface area (TPSA) is 89.6 Å². The van der Waals surface area contributed by atoms with Gasteiger partial charge in [-0.25, -0.2) is 9.59 Å². The normalized spacial score (nSPS) is 9.84. The third-order valence-corrected chi connectivity index (χ3v) is 1.77. The Kier molecular flexibility index (Phi) is 6.33. The quantitative estimate of drug-likeness (QED) is 0.635. The van der Waals surface area contributed by atoms with Gasteiger partial charge in [0.25, 0.3) is 0 Å². The molecule has 0 saturated heterocycles. The first kappa shape index (κ1) is 16.7. The molecule has 0 aliphatic heterocycles.